The fourth-order valence-corrected chi connectivity index (χ4v) is 7.13. The Labute approximate surface area is 183 Å². The van der Waals surface area contributed by atoms with Crippen LogP contribution in [0, 0.1) is 11.6 Å². The number of rotatable bonds is 2. The highest BCUT2D eigenvalue weighted by atomic mass is 35.5. The zero-order valence-electron chi connectivity index (χ0n) is 16.3. The van der Waals surface area contributed by atoms with Crippen LogP contribution in [0.5, 0.6) is 0 Å². The predicted octanol–water partition coefficient (Wildman–Crippen LogP) is 4.89. The summed E-state index contributed by atoms with van der Waals surface area (Å²) >= 11 is 6.08. The zero-order valence-corrected chi connectivity index (χ0v) is 17.8. The van der Waals surface area contributed by atoms with Gasteiger partial charge in [-0.3, -0.25) is 9.10 Å². The van der Waals surface area contributed by atoms with Crippen molar-refractivity contribution in [3.05, 3.63) is 94.0 Å². The summed E-state index contributed by atoms with van der Waals surface area (Å²) in [6, 6.07) is 13.1. The minimum Gasteiger partial charge on any atom is -0.293 e. The Hall–Kier alpha value is -2.77. The van der Waals surface area contributed by atoms with E-state index in [0.717, 1.165) is 18.2 Å². The third kappa shape index (κ3) is 2.63. The van der Waals surface area contributed by atoms with E-state index in [1.807, 2.05) is 0 Å². The van der Waals surface area contributed by atoms with E-state index in [9.17, 15) is 22.0 Å². The molecular formula is C23H16ClF2NO3S. The number of sulfonamides is 1. The number of hydrogen-bond donors (Lipinski definition) is 0. The van der Waals surface area contributed by atoms with Crippen LogP contribution in [-0.2, 0) is 21.9 Å². The van der Waals surface area contributed by atoms with E-state index in [-0.39, 0.29) is 27.7 Å². The number of nitrogens with zero attached hydrogens (tertiary/aromatic N) is 1. The Morgan fingerprint density at radius 3 is 2.45 bits per heavy atom. The molecule has 0 radical (unpaired) electrons. The summed E-state index contributed by atoms with van der Waals surface area (Å²) in [7, 11) is -4.22. The monoisotopic (exact) mass is 459 g/mol. The number of anilines is 1. The van der Waals surface area contributed by atoms with Crippen LogP contribution < -0.4 is 4.31 Å². The Kier molecular flexibility index (Phi) is 4.30. The lowest BCUT2D eigenvalue weighted by Gasteiger charge is -2.32. The molecule has 3 aromatic carbocycles. The maximum absolute atomic E-state index is 13.9. The molecule has 8 heteroatoms. The van der Waals surface area contributed by atoms with E-state index in [4.69, 9.17) is 11.6 Å². The van der Waals surface area contributed by atoms with Gasteiger partial charge in [-0.05, 0) is 60.9 Å². The first-order chi connectivity index (χ1) is 14.7. The molecule has 0 saturated carbocycles. The Morgan fingerprint density at radius 1 is 1.03 bits per heavy atom. The predicted molar refractivity (Wildman–Crippen MR) is 113 cm³/mol. The molecular weight excluding hydrogens is 444 g/mol. The molecule has 0 fully saturated rings. The largest absolute Gasteiger partial charge is 0.293 e. The molecule has 1 heterocycles. The molecule has 0 unspecified atom stereocenters. The van der Waals surface area contributed by atoms with Gasteiger partial charge in [0.2, 0.25) is 0 Å². The van der Waals surface area contributed by atoms with Gasteiger partial charge in [0.1, 0.15) is 16.5 Å². The van der Waals surface area contributed by atoms with Gasteiger partial charge in [0.15, 0.2) is 5.78 Å². The first-order valence-corrected chi connectivity index (χ1v) is 11.4. The third-order valence-electron chi connectivity index (χ3n) is 6.31. The van der Waals surface area contributed by atoms with Crippen LogP contribution in [0.4, 0.5) is 14.5 Å². The van der Waals surface area contributed by atoms with Gasteiger partial charge in [-0.25, -0.2) is 17.2 Å². The van der Waals surface area contributed by atoms with Crippen molar-refractivity contribution in [3.63, 3.8) is 0 Å². The lowest BCUT2D eigenvalue weighted by Crippen LogP contribution is -2.49. The molecule has 158 valence electrons. The third-order valence-corrected chi connectivity index (χ3v) is 8.68. The van der Waals surface area contributed by atoms with Crippen LogP contribution in [0.3, 0.4) is 0 Å². The molecule has 0 bridgehead atoms. The van der Waals surface area contributed by atoms with Gasteiger partial charge in [-0.15, -0.1) is 0 Å². The van der Waals surface area contributed by atoms with Crippen LogP contribution in [0.1, 0.15) is 28.4 Å². The van der Waals surface area contributed by atoms with Crippen molar-refractivity contribution in [3.8, 4) is 0 Å². The molecule has 31 heavy (non-hydrogen) atoms. The second kappa shape index (κ2) is 6.61. The van der Waals surface area contributed by atoms with Crippen molar-refractivity contribution >= 4 is 33.1 Å². The fraction of sp³-hybridized carbons (Fsp3) is 0.174. The average Bonchev–Trinajstić information content (AvgIpc) is 3.15. The SMILES string of the molecule is C[C@@H]1N(S(=O)(=O)c2ccc(F)cc2Cl)c2ccccc2[C@@]12Cc1ccc(F)cc1C2=O. The van der Waals surface area contributed by atoms with E-state index in [0.29, 0.717) is 16.8 Å². The summed E-state index contributed by atoms with van der Waals surface area (Å²) in [6.07, 6.45) is 0.253. The maximum Gasteiger partial charge on any atom is 0.266 e. The van der Waals surface area contributed by atoms with Gasteiger partial charge >= 0.3 is 0 Å². The molecule has 5 rings (SSSR count). The van der Waals surface area contributed by atoms with Crippen LogP contribution >= 0.6 is 11.6 Å². The van der Waals surface area contributed by atoms with Gasteiger partial charge in [0.05, 0.1) is 22.2 Å². The highest BCUT2D eigenvalue weighted by Crippen LogP contribution is 2.54. The topological polar surface area (TPSA) is 54.5 Å². The number of ketones is 1. The normalized spacial score (nSPS) is 22.1. The quantitative estimate of drug-likeness (QED) is 0.548. The molecule has 1 aliphatic carbocycles. The van der Waals surface area contributed by atoms with Gasteiger partial charge < -0.3 is 0 Å². The first kappa shape index (κ1) is 20.2. The smallest absolute Gasteiger partial charge is 0.266 e. The van der Waals surface area contributed by atoms with Gasteiger partial charge in [-0.1, -0.05) is 35.9 Å². The van der Waals surface area contributed by atoms with Crippen LogP contribution in [-0.4, -0.2) is 20.2 Å². The molecule has 0 aromatic heterocycles. The van der Waals surface area contributed by atoms with E-state index in [1.165, 1.54) is 16.4 Å². The fourth-order valence-electron chi connectivity index (χ4n) is 4.90. The zero-order chi connectivity index (χ0) is 22.1. The number of halogens is 3. The van der Waals surface area contributed by atoms with E-state index < -0.39 is 33.1 Å². The molecule has 0 saturated heterocycles. The molecule has 1 aliphatic heterocycles. The van der Waals surface area contributed by atoms with Gasteiger partial charge in [0, 0.05) is 5.56 Å². The number of para-hydroxylation sites is 1. The van der Waals surface area contributed by atoms with Crippen molar-refractivity contribution in [2.75, 3.05) is 4.31 Å². The molecule has 2 aliphatic rings. The molecule has 0 N–H and O–H groups in total. The number of fused-ring (bicyclic) bond motifs is 3. The van der Waals surface area contributed by atoms with Crippen molar-refractivity contribution in [1.82, 2.24) is 0 Å². The van der Waals surface area contributed by atoms with E-state index in [1.54, 1.807) is 37.3 Å². The minimum atomic E-state index is -4.22. The minimum absolute atomic E-state index is 0.242. The van der Waals surface area contributed by atoms with Crippen molar-refractivity contribution in [2.45, 2.75) is 29.7 Å². The lowest BCUT2D eigenvalue weighted by atomic mass is 9.74. The van der Waals surface area contributed by atoms with Gasteiger partial charge in [0.25, 0.3) is 10.0 Å². The number of Topliss-reactive ketones (excluding diaryl/α,β-unsaturated/α-hetero) is 1. The number of carbonyl (C=O) groups is 1. The van der Waals surface area contributed by atoms with E-state index >= 15 is 0 Å². The molecule has 0 amide bonds. The number of carbonyl (C=O) groups excluding carboxylic acids is 1. The van der Waals surface area contributed by atoms with Crippen LogP contribution in [0.25, 0.3) is 0 Å². The Bertz CT molecular complexity index is 1370. The Morgan fingerprint density at radius 2 is 1.71 bits per heavy atom. The standard InChI is InChI=1S/C23H16ClF2NO3S/c1-13-23(12-14-6-7-15(25)10-17(14)22(23)28)18-4-2-3-5-20(18)27(13)31(29,30)21-9-8-16(26)11-19(21)24/h2-11,13H,12H2,1H3/t13-,23+/m0/s1. The highest BCUT2D eigenvalue weighted by Gasteiger charge is 2.60. The summed E-state index contributed by atoms with van der Waals surface area (Å²) in [4.78, 5) is 13.4. The summed E-state index contributed by atoms with van der Waals surface area (Å²) < 4.78 is 55.9. The maximum atomic E-state index is 13.9. The van der Waals surface area contributed by atoms with Crippen LogP contribution in [0.2, 0.25) is 5.02 Å². The number of benzene rings is 3. The van der Waals surface area contributed by atoms with Crippen LogP contribution in [0.15, 0.2) is 65.6 Å². The second-order valence-corrected chi connectivity index (χ2v) is 10.0. The average molecular weight is 460 g/mol. The molecule has 2 atom stereocenters. The van der Waals surface area contributed by atoms with Crippen molar-refractivity contribution in [1.29, 1.82) is 0 Å². The molecule has 1 spiro atoms. The number of hydrogen-bond acceptors (Lipinski definition) is 3. The molecule has 4 nitrogen and oxygen atoms in total. The lowest BCUT2D eigenvalue weighted by molar-refractivity contribution is 0.0893. The second-order valence-electron chi connectivity index (χ2n) is 7.85. The first-order valence-electron chi connectivity index (χ1n) is 9.60. The van der Waals surface area contributed by atoms with Gasteiger partial charge in [-0.2, -0.15) is 0 Å². The van der Waals surface area contributed by atoms with Crippen molar-refractivity contribution in [2.24, 2.45) is 0 Å². The summed E-state index contributed by atoms with van der Waals surface area (Å²) in [6.45, 7) is 1.66. The summed E-state index contributed by atoms with van der Waals surface area (Å²) in [5, 5.41) is -0.242. The van der Waals surface area contributed by atoms with Crippen molar-refractivity contribution < 1.29 is 22.0 Å². The Balaban J connectivity index is 1.72. The summed E-state index contributed by atoms with van der Waals surface area (Å²) in [5.74, 6) is -1.49. The van der Waals surface area contributed by atoms with E-state index in [2.05, 4.69) is 0 Å². The molecule has 3 aromatic rings. The highest BCUT2D eigenvalue weighted by molar-refractivity contribution is 7.93. The summed E-state index contributed by atoms with van der Waals surface area (Å²) in [5.41, 5.74) is 0.669.